The van der Waals surface area contributed by atoms with Gasteiger partial charge in [0, 0.05) is 38.9 Å². The molecular formula is C26H46O5. The second-order valence-electron chi connectivity index (χ2n) is 8.04. The minimum absolute atomic E-state index is 0.187. The van der Waals surface area contributed by atoms with E-state index in [1.165, 1.54) is 0 Å². The highest BCUT2D eigenvalue weighted by molar-refractivity contribution is 5.78. The van der Waals surface area contributed by atoms with Gasteiger partial charge in [-0.15, -0.1) is 0 Å². The van der Waals surface area contributed by atoms with Crippen molar-refractivity contribution in [2.24, 2.45) is 0 Å². The van der Waals surface area contributed by atoms with Gasteiger partial charge in [0.05, 0.1) is 6.10 Å². The summed E-state index contributed by atoms with van der Waals surface area (Å²) in [6.07, 6.45) is 16.6. The third-order valence-corrected chi connectivity index (χ3v) is 4.90. The molecule has 0 aromatic heterocycles. The van der Waals surface area contributed by atoms with Gasteiger partial charge in [0.1, 0.15) is 11.9 Å². The third-order valence-electron chi connectivity index (χ3n) is 4.90. The van der Waals surface area contributed by atoms with Crippen LogP contribution in [0.25, 0.3) is 0 Å². The summed E-state index contributed by atoms with van der Waals surface area (Å²) in [5.41, 5.74) is 0. The summed E-state index contributed by atoms with van der Waals surface area (Å²) in [4.78, 5) is 24.3. The van der Waals surface area contributed by atoms with Gasteiger partial charge in [-0.05, 0) is 57.8 Å². The SMILES string of the molecule is CC/C=C\CC(O)CCCC(=O)OC(C/C=C\CC)CCCC(=O)CCCOCCC. The van der Waals surface area contributed by atoms with Crippen LogP contribution in [-0.2, 0) is 19.1 Å². The molecule has 0 saturated heterocycles. The summed E-state index contributed by atoms with van der Waals surface area (Å²) in [6, 6.07) is 0. The van der Waals surface area contributed by atoms with Gasteiger partial charge < -0.3 is 14.6 Å². The van der Waals surface area contributed by atoms with Crippen LogP contribution in [0.5, 0.6) is 0 Å². The Morgan fingerprint density at radius 2 is 1.45 bits per heavy atom. The molecular weight excluding hydrogens is 392 g/mol. The average Bonchev–Trinajstić information content (AvgIpc) is 2.73. The Bertz CT molecular complexity index is 498. The highest BCUT2D eigenvalue weighted by Gasteiger charge is 2.15. The predicted octanol–water partition coefficient (Wildman–Crippen LogP) is 6.09. The van der Waals surface area contributed by atoms with E-state index in [0.29, 0.717) is 58.0 Å². The number of hydrogen-bond acceptors (Lipinski definition) is 5. The standard InChI is InChI=1S/C26H46O5/c1-4-7-9-14-23(27)16-12-20-26(29)31-25(18-10-8-5-2)19-11-15-24(28)17-13-22-30-21-6-3/h7-10,23,25,27H,4-6,11-22H2,1-3H3/b9-7-,10-8-. The Kier molecular flexibility index (Phi) is 20.7. The first-order valence-corrected chi connectivity index (χ1v) is 12.3. The lowest BCUT2D eigenvalue weighted by Gasteiger charge is -2.17. The van der Waals surface area contributed by atoms with Crippen molar-refractivity contribution in [2.45, 2.75) is 116 Å². The van der Waals surface area contributed by atoms with Gasteiger partial charge in [-0.1, -0.05) is 45.1 Å². The second kappa shape index (κ2) is 21.8. The first-order chi connectivity index (χ1) is 15.0. The van der Waals surface area contributed by atoms with E-state index in [1.807, 2.05) is 12.2 Å². The summed E-state index contributed by atoms with van der Waals surface area (Å²) in [6.45, 7) is 7.60. The molecule has 0 amide bonds. The highest BCUT2D eigenvalue weighted by atomic mass is 16.5. The predicted molar refractivity (Wildman–Crippen MR) is 127 cm³/mol. The number of Topliss-reactive ketones (excluding diaryl/α,β-unsaturated/α-hetero) is 1. The van der Waals surface area contributed by atoms with Crippen LogP contribution in [0, 0.1) is 0 Å². The van der Waals surface area contributed by atoms with Gasteiger partial charge in [-0.3, -0.25) is 9.59 Å². The smallest absolute Gasteiger partial charge is 0.306 e. The van der Waals surface area contributed by atoms with Crippen LogP contribution in [0.4, 0.5) is 0 Å². The number of aliphatic hydroxyl groups is 1. The van der Waals surface area contributed by atoms with Crippen molar-refractivity contribution in [2.75, 3.05) is 13.2 Å². The normalized spacial score (nSPS) is 13.7. The zero-order valence-corrected chi connectivity index (χ0v) is 20.2. The van der Waals surface area contributed by atoms with Crippen molar-refractivity contribution in [3.63, 3.8) is 0 Å². The molecule has 0 heterocycles. The number of rotatable bonds is 21. The van der Waals surface area contributed by atoms with Crippen LogP contribution in [0.3, 0.4) is 0 Å². The molecule has 180 valence electrons. The molecule has 0 rings (SSSR count). The number of allylic oxidation sites excluding steroid dienone is 2. The Morgan fingerprint density at radius 3 is 2.13 bits per heavy atom. The van der Waals surface area contributed by atoms with Crippen molar-refractivity contribution in [3.8, 4) is 0 Å². The van der Waals surface area contributed by atoms with Crippen LogP contribution in [0.15, 0.2) is 24.3 Å². The molecule has 31 heavy (non-hydrogen) atoms. The zero-order chi connectivity index (χ0) is 23.2. The summed E-state index contributed by atoms with van der Waals surface area (Å²) in [5.74, 6) is 0.0333. The maximum Gasteiger partial charge on any atom is 0.306 e. The molecule has 0 aliphatic rings. The van der Waals surface area contributed by atoms with E-state index in [1.54, 1.807) is 0 Å². The monoisotopic (exact) mass is 438 g/mol. The van der Waals surface area contributed by atoms with Crippen LogP contribution in [-0.4, -0.2) is 42.3 Å². The van der Waals surface area contributed by atoms with Gasteiger partial charge in [0.15, 0.2) is 0 Å². The second-order valence-corrected chi connectivity index (χ2v) is 8.04. The van der Waals surface area contributed by atoms with E-state index in [2.05, 4.69) is 32.9 Å². The first kappa shape index (κ1) is 29.5. The van der Waals surface area contributed by atoms with E-state index in [-0.39, 0.29) is 17.9 Å². The van der Waals surface area contributed by atoms with Gasteiger partial charge >= 0.3 is 5.97 Å². The van der Waals surface area contributed by atoms with Crippen molar-refractivity contribution >= 4 is 11.8 Å². The minimum atomic E-state index is -0.405. The average molecular weight is 439 g/mol. The molecule has 1 N–H and O–H groups in total. The summed E-state index contributed by atoms with van der Waals surface area (Å²) >= 11 is 0. The van der Waals surface area contributed by atoms with Gasteiger partial charge in [0.2, 0.25) is 0 Å². The number of carbonyl (C=O) groups excluding carboxylic acids is 2. The quantitative estimate of drug-likeness (QED) is 0.133. The fraction of sp³-hybridized carbons (Fsp3) is 0.769. The Labute approximate surface area is 190 Å². The lowest BCUT2D eigenvalue weighted by molar-refractivity contribution is -0.149. The Balaban J connectivity index is 4.19. The number of hydrogen-bond donors (Lipinski definition) is 1. The summed E-state index contributed by atoms with van der Waals surface area (Å²) in [7, 11) is 0. The van der Waals surface area contributed by atoms with Crippen molar-refractivity contribution in [1.29, 1.82) is 0 Å². The van der Waals surface area contributed by atoms with Crippen LogP contribution in [0.2, 0.25) is 0 Å². The Hall–Kier alpha value is -1.46. The fourth-order valence-corrected chi connectivity index (χ4v) is 3.17. The third kappa shape index (κ3) is 20.2. The largest absolute Gasteiger partial charge is 0.462 e. The number of carbonyl (C=O) groups is 2. The molecule has 0 aliphatic heterocycles. The van der Waals surface area contributed by atoms with Crippen molar-refractivity contribution < 1.29 is 24.2 Å². The molecule has 2 unspecified atom stereocenters. The van der Waals surface area contributed by atoms with Crippen LogP contribution >= 0.6 is 0 Å². The zero-order valence-electron chi connectivity index (χ0n) is 20.2. The minimum Gasteiger partial charge on any atom is -0.462 e. The molecule has 0 aliphatic carbocycles. The van der Waals surface area contributed by atoms with Gasteiger partial charge in [-0.2, -0.15) is 0 Å². The van der Waals surface area contributed by atoms with E-state index < -0.39 is 6.10 Å². The maximum atomic E-state index is 12.2. The number of esters is 1. The molecule has 0 bridgehead atoms. The molecule has 5 heteroatoms. The number of ketones is 1. The summed E-state index contributed by atoms with van der Waals surface area (Å²) < 4.78 is 11.1. The molecule has 0 aromatic carbocycles. The molecule has 0 radical (unpaired) electrons. The first-order valence-electron chi connectivity index (χ1n) is 12.3. The fourth-order valence-electron chi connectivity index (χ4n) is 3.17. The Morgan fingerprint density at radius 1 is 0.806 bits per heavy atom. The molecule has 0 aromatic rings. The number of ether oxygens (including phenoxy) is 2. The van der Waals surface area contributed by atoms with Crippen molar-refractivity contribution in [3.05, 3.63) is 24.3 Å². The van der Waals surface area contributed by atoms with Gasteiger partial charge in [-0.25, -0.2) is 0 Å². The van der Waals surface area contributed by atoms with E-state index in [9.17, 15) is 14.7 Å². The lowest BCUT2D eigenvalue weighted by Crippen LogP contribution is -2.18. The molecule has 2 atom stereocenters. The highest BCUT2D eigenvalue weighted by Crippen LogP contribution is 2.14. The lowest BCUT2D eigenvalue weighted by atomic mass is 10.0. The molecule has 0 fully saturated rings. The van der Waals surface area contributed by atoms with Crippen molar-refractivity contribution in [1.82, 2.24) is 0 Å². The van der Waals surface area contributed by atoms with E-state index >= 15 is 0 Å². The molecule has 0 saturated carbocycles. The molecule has 0 spiro atoms. The topological polar surface area (TPSA) is 72.8 Å². The molecule has 5 nitrogen and oxygen atoms in total. The summed E-state index contributed by atoms with van der Waals surface area (Å²) in [5, 5.41) is 9.93. The van der Waals surface area contributed by atoms with Gasteiger partial charge in [0.25, 0.3) is 0 Å². The van der Waals surface area contributed by atoms with Crippen LogP contribution < -0.4 is 0 Å². The van der Waals surface area contributed by atoms with E-state index in [0.717, 1.165) is 38.7 Å². The maximum absolute atomic E-state index is 12.2. The number of aliphatic hydroxyl groups excluding tert-OH is 1. The van der Waals surface area contributed by atoms with Crippen LogP contribution in [0.1, 0.15) is 104 Å². The van der Waals surface area contributed by atoms with E-state index in [4.69, 9.17) is 9.47 Å².